The average Bonchev–Trinajstić information content (AvgIpc) is 2.55. The molecule has 0 saturated heterocycles. The quantitative estimate of drug-likeness (QED) is 0.169. The van der Waals surface area contributed by atoms with Crippen LogP contribution in [0.4, 0.5) is 4.79 Å². The van der Waals surface area contributed by atoms with Gasteiger partial charge in [-0.1, -0.05) is 0 Å². The van der Waals surface area contributed by atoms with Gasteiger partial charge in [0.25, 0.3) is 0 Å². The van der Waals surface area contributed by atoms with Crippen LogP contribution in [0.1, 0.15) is 47.0 Å². The fourth-order valence-corrected chi connectivity index (χ4v) is 2.10. The molecule has 6 N–H and O–H groups in total. The first-order valence-electron chi connectivity index (χ1n) is 8.88. The summed E-state index contributed by atoms with van der Waals surface area (Å²) in [5.41, 5.74) is 9.88. The van der Waals surface area contributed by atoms with Gasteiger partial charge in [-0.05, 0) is 47.0 Å². The summed E-state index contributed by atoms with van der Waals surface area (Å²) in [5, 5.41) is 13.0. The molecule has 0 aliphatic rings. The Morgan fingerprint density at radius 2 is 1.85 bits per heavy atom. The number of rotatable bonds is 11. The molecule has 0 heterocycles. The third-order valence-corrected chi connectivity index (χ3v) is 3.43. The lowest BCUT2D eigenvalue weighted by atomic mass is 10.0. The smallest absolute Gasteiger partial charge is 0.407 e. The zero-order valence-electron chi connectivity index (χ0n) is 16.9. The topological polar surface area (TPSA) is 158 Å². The van der Waals surface area contributed by atoms with Gasteiger partial charge in [-0.3, -0.25) is 4.99 Å². The maximum absolute atomic E-state index is 12.0. The fraction of sp³-hybridized carbons (Fsp3) is 0.824. The minimum Gasteiger partial charge on any atom is -0.467 e. The molecule has 0 fully saturated rings. The highest BCUT2D eigenvalue weighted by molar-refractivity contribution is 5.75. The van der Waals surface area contributed by atoms with Crippen LogP contribution in [0.3, 0.4) is 0 Å². The van der Waals surface area contributed by atoms with Crippen molar-refractivity contribution in [2.24, 2.45) is 16.5 Å². The number of carbonyl (C=O) groups is 2. The van der Waals surface area contributed by atoms with Crippen molar-refractivity contribution in [1.29, 1.82) is 0 Å². The Hall–Kier alpha value is -2.07. The second-order valence-electron chi connectivity index (χ2n) is 7.12. The lowest BCUT2D eigenvalue weighted by Crippen LogP contribution is -2.47. The van der Waals surface area contributed by atoms with Crippen LogP contribution in [0.5, 0.6) is 0 Å². The van der Waals surface area contributed by atoms with E-state index in [1.807, 2.05) is 0 Å². The zero-order chi connectivity index (χ0) is 21.0. The lowest BCUT2D eigenvalue weighted by Gasteiger charge is -2.27. The molecule has 0 radical (unpaired) electrons. The third-order valence-electron chi connectivity index (χ3n) is 3.43. The normalized spacial score (nSPS) is 14.6. The third kappa shape index (κ3) is 12.8. The Kier molecular flexibility index (Phi) is 11.4. The highest BCUT2D eigenvalue weighted by atomic mass is 16.6. The first-order chi connectivity index (χ1) is 12.5. The van der Waals surface area contributed by atoms with E-state index in [2.05, 4.69) is 15.0 Å². The van der Waals surface area contributed by atoms with E-state index in [1.165, 1.54) is 14.0 Å². The number of aliphatic hydroxyl groups excluding tert-OH is 1. The molecule has 0 aromatic heterocycles. The van der Waals surface area contributed by atoms with Crippen molar-refractivity contribution in [2.45, 2.75) is 70.8 Å². The molecule has 27 heavy (non-hydrogen) atoms. The Morgan fingerprint density at radius 1 is 1.22 bits per heavy atom. The van der Waals surface area contributed by atoms with Gasteiger partial charge < -0.3 is 36.1 Å². The standard InChI is InChI=1S/C17H34N4O6/c1-11(14(23)25-5)26-10-13(22)12(8-6-7-9-20-15(18)19)21-16(24)27-17(2,3)4/h11-13,22H,6-10H2,1-5H3,(H,21,24)(H4,18,19,20)/t11?,12-,13?/m0/s1. The van der Waals surface area contributed by atoms with Crippen LogP contribution in [0.25, 0.3) is 0 Å². The van der Waals surface area contributed by atoms with Crippen LogP contribution < -0.4 is 16.8 Å². The molecule has 10 nitrogen and oxygen atoms in total. The molecule has 0 aromatic rings. The number of hydrogen-bond acceptors (Lipinski definition) is 7. The molecule has 0 aromatic carbocycles. The molecule has 0 rings (SSSR count). The summed E-state index contributed by atoms with van der Waals surface area (Å²) in [6, 6.07) is -0.621. The van der Waals surface area contributed by atoms with E-state index >= 15 is 0 Å². The highest BCUT2D eigenvalue weighted by Gasteiger charge is 2.26. The zero-order valence-corrected chi connectivity index (χ0v) is 16.9. The summed E-state index contributed by atoms with van der Waals surface area (Å²) >= 11 is 0. The Bertz CT molecular complexity index is 488. The van der Waals surface area contributed by atoms with Crippen LogP contribution in [0.15, 0.2) is 4.99 Å². The van der Waals surface area contributed by atoms with Crippen molar-refractivity contribution < 1.29 is 28.9 Å². The molecule has 3 atom stereocenters. The second kappa shape index (κ2) is 12.3. The summed E-state index contributed by atoms with van der Waals surface area (Å²) in [4.78, 5) is 27.3. The number of nitrogens with one attached hydrogen (secondary N) is 1. The van der Waals surface area contributed by atoms with E-state index in [4.69, 9.17) is 20.9 Å². The number of carbonyl (C=O) groups excluding carboxylic acids is 2. The number of ether oxygens (including phenoxy) is 3. The van der Waals surface area contributed by atoms with Crippen LogP contribution in [-0.4, -0.2) is 67.2 Å². The van der Waals surface area contributed by atoms with Crippen molar-refractivity contribution in [3.63, 3.8) is 0 Å². The van der Waals surface area contributed by atoms with Crippen molar-refractivity contribution in [1.82, 2.24) is 5.32 Å². The summed E-state index contributed by atoms with van der Waals surface area (Å²) < 4.78 is 15.1. The summed E-state index contributed by atoms with van der Waals surface area (Å²) in [7, 11) is 1.25. The Morgan fingerprint density at radius 3 is 2.37 bits per heavy atom. The van der Waals surface area contributed by atoms with Crippen molar-refractivity contribution in [3.05, 3.63) is 0 Å². The number of aliphatic hydroxyl groups is 1. The van der Waals surface area contributed by atoms with E-state index in [-0.39, 0.29) is 12.6 Å². The number of esters is 1. The molecular formula is C17H34N4O6. The van der Waals surface area contributed by atoms with Gasteiger partial charge in [0.05, 0.1) is 25.9 Å². The summed E-state index contributed by atoms with van der Waals surface area (Å²) in [6.07, 6.45) is -0.716. The van der Waals surface area contributed by atoms with E-state index < -0.39 is 35.9 Å². The number of guanidine groups is 1. The van der Waals surface area contributed by atoms with E-state index in [0.717, 1.165) is 0 Å². The summed E-state index contributed by atoms with van der Waals surface area (Å²) in [6.45, 7) is 7.05. The molecule has 10 heteroatoms. The van der Waals surface area contributed by atoms with E-state index in [1.54, 1.807) is 20.8 Å². The molecule has 0 saturated carbocycles. The number of methoxy groups -OCH3 is 1. The second-order valence-corrected chi connectivity index (χ2v) is 7.12. The van der Waals surface area contributed by atoms with Crippen molar-refractivity contribution >= 4 is 18.0 Å². The van der Waals surface area contributed by atoms with Crippen molar-refractivity contribution in [3.8, 4) is 0 Å². The van der Waals surface area contributed by atoms with Crippen molar-refractivity contribution in [2.75, 3.05) is 20.3 Å². The molecule has 0 aliphatic heterocycles. The van der Waals surface area contributed by atoms with E-state index in [0.29, 0.717) is 25.8 Å². The van der Waals surface area contributed by atoms with Gasteiger partial charge in [0.1, 0.15) is 5.60 Å². The van der Waals surface area contributed by atoms with E-state index in [9.17, 15) is 14.7 Å². The Balaban J connectivity index is 4.71. The van der Waals surface area contributed by atoms with Crippen LogP contribution in [0, 0.1) is 0 Å². The molecular weight excluding hydrogens is 356 g/mol. The molecule has 0 aliphatic carbocycles. The lowest BCUT2D eigenvalue weighted by molar-refractivity contribution is -0.154. The largest absolute Gasteiger partial charge is 0.467 e. The number of hydrogen-bond donors (Lipinski definition) is 4. The first kappa shape index (κ1) is 24.9. The number of nitrogens with zero attached hydrogens (tertiary/aromatic N) is 1. The molecule has 0 bridgehead atoms. The minimum absolute atomic E-state index is 0.0173. The first-order valence-corrected chi connectivity index (χ1v) is 8.88. The number of amides is 1. The van der Waals surface area contributed by atoms with Crippen LogP contribution >= 0.6 is 0 Å². The predicted molar refractivity (Wildman–Crippen MR) is 101 cm³/mol. The fourth-order valence-electron chi connectivity index (χ4n) is 2.10. The average molecular weight is 390 g/mol. The molecule has 0 spiro atoms. The maximum Gasteiger partial charge on any atom is 0.407 e. The van der Waals surface area contributed by atoms with Gasteiger partial charge in [-0.15, -0.1) is 0 Å². The monoisotopic (exact) mass is 390 g/mol. The van der Waals surface area contributed by atoms with Gasteiger partial charge >= 0.3 is 12.1 Å². The minimum atomic E-state index is -1.03. The SMILES string of the molecule is COC(=O)C(C)OCC(O)[C@H](CCCCN=C(N)N)NC(=O)OC(C)(C)C. The number of aliphatic imine (C=N–C) groups is 1. The van der Waals surface area contributed by atoms with Gasteiger partial charge in [0.2, 0.25) is 0 Å². The van der Waals surface area contributed by atoms with Crippen LogP contribution in [0.2, 0.25) is 0 Å². The summed E-state index contributed by atoms with van der Waals surface area (Å²) in [5.74, 6) is -0.528. The molecule has 158 valence electrons. The predicted octanol–water partition coefficient (Wildman–Crippen LogP) is 0.262. The van der Waals surface area contributed by atoms with Gasteiger partial charge in [-0.25, -0.2) is 9.59 Å². The maximum atomic E-state index is 12.0. The van der Waals surface area contributed by atoms with Gasteiger partial charge in [0, 0.05) is 6.54 Å². The van der Waals surface area contributed by atoms with Crippen LogP contribution in [-0.2, 0) is 19.0 Å². The van der Waals surface area contributed by atoms with Gasteiger partial charge in [-0.2, -0.15) is 0 Å². The number of alkyl carbamates (subject to hydrolysis) is 1. The Labute approximate surface area is 160 Å². The number of nitrogens with two attached hydrogens (primary N) is 2. The highest BCUT2D eigenvalue weighted by Crippen LogP contribution is 2.11. The molecule has 1 amide bonds. The number of unbranched alkanes of at least 4 members (excludes halogenated alkanes) is 1. The molecule has 2 unspecified atom stereocenters. The van der Waals surface area contributed by atoms with Gasteiger partial charge in [0.15, 0.2) is 12.1 Å².